The zero-order valence-corrected chi connectivity index (χ0v) is 13.1. The van der Waals surface area contributed by atoms with Crippen LogP contribution in [0.2, 0.25) is 0 Å². The molecule has 1 fully saturated rings. The minimum atomic E-state index is -0.714. The summed E-state index contributed by atoms with van der Waals surface area (Å²) in [5.41, 5.74) is 10.6. The highest BCUT2D eigenvalue weighted by atomic mass is 16.5. The first-order valence-corrected chi connectivity index (χ1v) is 8.17. The maximum Gasteiger partial charge on any atom is 0.151 e. The van der Waals surface area contributed by atoms with E-state index in [4.69, 9.17) is 10.3 Å². The number of para-hydroxylation sites is 4. The summed E-state index contributed by atoms with van der Waals surface area (Å²) in [6, 6.07) is 15.1. The molecule has 2 aliphatic rings. The minimum Gasteiger partial charge on any atom is -0.453 e. The lowest BCUT2D eigenvalue weighted by Crippen LogP contribution is -2.49. The summed E-state index contributed by atoms with van der Waals surface area (Å²) in [4.78, 5) is 5.04. The van der Waals surface area contributed by atoms with Crippen LogP contribution in [0.25, 0.3) is 10.4 Å². The number of ether oxygens (including phenoxy) is 1. The van der Waals surface area contributed by atoms with Crippen LogP contribution in [0.1, 0.15) is 19.3 Å². The number of anilines is 2. The molecule has 2 aromatic carbocycles. The fourth-order valence-corrected chi connectivity index (χ4v) is 3.70. The zero-order chi connectivity index (χ0) is 16.5. The monoisotopic (exact) mass is 322 g/mol. The molecule has 4 rings (SSSR count). The number of rotatable bonds is 2. The fraction of sp³-hybridized carbons (Fsp3) is 0.333. The third-order valence-corrected chi connectivity index (χ3v) is 4.79. The van der Waals surface area contributed by atoms with Crippen LogP contribution < -0.4 is 9.64 Å². The third kappa shape index (κ3) is 2.37. The maximum atomic E-state index is 10.8. The van der Waals surface area contributed by atoms with Crippen LogP contribution in [0.4, 0.5) is 11.4 Å². The van der Waals surface area contributed by atoms with Crippen molar-refractivity contribution in [3.05, 3.63) is 59.0 Å². The summed E-state index contributed by atoms with van der Waals surface area (Å²) >= 11 is 0. The molecule has 6 nitrogen and oxygen atoms in total. The molecule has 0 saturated heterocycles. The van der Waals surface area contributed by atoms with Gasteiger partial charge in [-0.15, -0.1) is 0 Å². The molecule has 1 saturated carbocycles. The summed E-state index contributed by atoms with van der Waals surface area (Å²) < 4.78 is 6.00. The molecule has 24 heavy (non-hydrogen) atoms. The molecule has 1 aliphatic carbocycles. The summed E-state index contributed by atoms with van der Waals surface area (Å²) in [5, 5.41) is 14.6. The number of aliphatic hydroxyl groups is 1. The number of hydrogen-bond donors (Lipinski definition) is 1. The fourth-order valence-electron chi connectivity index (χ4n) is 3.70. The Morgan fingerprint density at radius 1 is 1.04 bits per heavy atom. The molecule has 0 aromatic heterocycles. The van der Waals surface area contributed by atoms with Gasteiger partial charge in [-0.05, 0) is 42.6 Å². The van der Waals surface area contributed by atoms with E-state index in [9.17, 15) is 5.11 Å². The summed E-state index contributed by atoms with van der Waals surface area (Å²) in [5.74, 6) is 1.55. The van der Waals surface area contributed by atoms with E-state index < -0.39 is 12.1 Å². The van der Waals surface area contributed by atoms with Crippen LogP contribution in [0, 0.1) is 0 Å². The largest absolute Gasteiger partial charge is 0.453 e. The van der Waals surface area contributed by atoms with Crippen molar-refractivity contribution >= 4 is 11.4 Å². The van der Waals surface area contributed by atoms with E-state index >= 15 is 0 Å². The molecule has 0 amide bonds. The molecule has 3 atom stereocenters. The second-order valence-electron chi connectivity index (χ2n) is 6.17. The normalized spacial score (nSPS) is 25.0. The van der Waals surface area contributed by atoms with E-state index in [1.807, 2.05) is 48.5 Å². The Morgan fingerprint density at radius 2 is 1.67 bits per heavy atom. The van der Waals surface area contributed by atoms with Crippen LogP contribution in [0.5, 0.6) is 11.5 Å². The number of hydrogen-bond acceptors (Lipinski definition) is 4. The van der Waals surface area contributed by atoms with Crippen molar-refractivity contribution in [2.24, 2.45) is 5.11 Å². The standard InChI is InChI=1S/C18H18N4O2/c19-21-20-12-6-5-9-15(18(12)23)22-13-7-1-3-10-16(13)24-17-11-4-2-8-14(17)22/h1-4,7-8,10-12,15,18,23H,5-6,9H2/t12?,15?,18-/m0/s1. The lowest BCUT2D eigenvalue weighted by Gasteiger charge is -2.44. The predicted molar refractivity (Wildman–Crippen MR) is 91.7 cm³/mol. The molecule has 1 aliphatic heterocycles. The Balaban J connectivity index is 1.81. The average Bonchev–Trinajstić information content (AvgIpc) is 2.62. The van der Waals surface area contributed by atoms with Gasteiger partial charge in [-0.1, -0.05) is 35.8 Å². The summed E-state index contributed by atoms with van der Waals surface area (Å²) in [7, 11) is 0. The van der Waals surface area contributed by atoms with Gasteiger partial charge in [0.25, 0.3) is 0 Å². The number of benzene rings is 2. The van der Waals surface area contributed by atoms with Gasteiger partial charge >= 0.3 is 0 Å². The Morgan fingerprint density at radius 3 is 2.29 bits per heavy atom. The van der Waals surface area contributed by atoms with E-state index in [2.05, 4.69) is 14.9 Å². The lowest BCUT2D eigenvalue weighted by molar-refractivity contribution is 0.0874. The van der Waals surface area contributed by atoms with E-state index in [1.54, 1.807) is 0 Å². The molecule has 6 heteroatoms. The van der Waals surface area contributed by atoms with E-state index in [0.717, 1.165) is 42.1 Å². The molecule has 0 spiro atoms. The molecule has 0 radical (unpaired) electrons. The van der Waals surface area contributed by atoms with Gasteiger partial charge in [0.15, 0.2) is 11.5 Å². The lowest BCUT2D eigenvalue weighted by atomic mass is 9.86. The predicted octanol–water partition coefficient (Wildman–Crippen LogP) is 4.52. The highest BCUT2D eigenvalue weighted by Crippen LogP contribution is 2.49. The number of aliphatic hydroxyl groups excluding tert-OH is 1. The minimum absolute atomic E-state index is 0.152. The molecule has 1 N–H and O–H groups in total. The molecule has 2 aromatic rings. The van der Waals surface area contributed by atoms with Crippen molar-refractivity contribution in [1.82, 2.24) is 0 Å². The Hall–Kier alpha value is -2.69. The average molecular weight is 322 g/mol. The van der Waals surface area contributed by atoms with Crippen molar-refractivity contribution in [2.45, 2.75) is 37.5 Å². The van der Waals surface area contributed by atoms with Gasteiger partial charge < -0.3 is 14.7 Å². The number of fused-ring (bicyclic) bond motifs is 2. The van der Waals surface area contributed by atoms with Crippen molar-refractivity contribution in [3.8, 4) is 11.5 Å². The Labute approximate surface area is 139 Å². The van der Waals surface area contributed by atoms with Crippen molar-refractivity contribution < 1.29 is 9.84 Å². The second-order valence-corrected chi connectivity index (χ2v) is 6.17. The van der Waals surface area contributed by atoms with Gasteiger partial charge in [-0.3, -0.25) is 0 Å². The van der Waals surface area contributed by atoms with E-state index in [0.29, 0.717) is 0 Å². The van der Waals surface area contributed by atoms with Crippen molar-refractivity contribution in [3.63, 3.8) is 0 Å². The molecule has 122 valence electrons. The topological polar surface area (TPSA) is 81.5 Å². The van der Waals surface area contributed by atoms with Crippen molar-refractivity contribution in [1.29, 1.82) is 0 Å². The first kappa shape index (κ1) is 14.9. The highest BCUT2D eigenvalue weighted by Gasteiger charge is 2.39. The van der Waals surface area contributed by atoms with E-state index in [1.165, 1.54) is 0 Å². The van der Waals surface area contributed by atoms with Crippen LogP contribution in [-0.2, 0) is 0 Å². The SMILES string of the molecule is [N-]=[N+]=NC1CCCC(N2c3ccccc3Oc3ccccc32)[C@H]1O. The summed E-state index contributed by atoms with van der Waals surface area (Å²) in [6.45, 7) is 0. The van der Waals surface area contributed by atoms with Gasteiger partial charge in [0.05, 0.1) is 29.6 Å². The number of azide groups is 1. The van der Waals surface area contributed by atoms with Gasteiger partial charge in [-0.2, -0.15) is 0 Å². The zero-order valence-electron chi connectivity index (χ0n) is 13.1. The molecule has 2 unspecified atom stereocenters. The van der Waals surface area contributed by atoms with Crippen LogP contribution >= 0.6 is 0 Å². The Kier molecular flexibility index (Phi) is 3.76. The first-order valence-electron chi connectivity index (χ1n) is 8.17. The second kappa shape index (κ2) is 6.07. The van der Waals surface area contributed by atoms with Crippen LogP contribution in [0.3, 0.4) is 0 Å². The third-order valence-electron chi connectivity index (χ3n) is 4.79. The highest BCUT2D eigenvalue weighted by molar-refractivity contribution is 5.78. The summed E-state index contributed by atoms with van der Waals surface area (Å²) in [6.07, 6.45) is 1.75. The van der Waals surface area contributed by atoms with Crippen LogP contribution in [-0.4, -0.2) is 23.3 Å². The van der Waals surface area contributed by atoms with Gasteiger partial charge in [-0.25, -0.2) is 0 Å². The maximum absolute atomic E-state index is 10.8. The number of nitrogens with zero attached hydrogens (tertiary/aromatic N) is 4. The molecular formula is C18H18N4O2. The quantitative estimate of drug-likeness (QED) is 0.501. The molecule has 1 heterocycles. The first-order chi connectivity index (χ1) is 11.8. The Bertz CT molecular complexity index is 758. The van der Waals surface area contributed by atoms with Gasteiger partial charge in [0.2, 0.25) is 0 Å². The molecular weight excluding hydrogens is 304 g/mol. The molecule has 0 bridgehead atoms. The van der Waals surface area contributed by atoms with Gasteiger partial charge in [0.1, 0.15) is 0 Å². The van der Waals surface area contributed by atoms with Crippen LogP contribution in [0.15, 0.2) is 53.6 Å². The van der Waals surface area contributed by atoms with Crippen molar-refractivity contribution in [2.75, 3.05) is 4.90 Å². The smallest absolute Gasteiger partial charge is 0.151 e. The van der Waals surface area contributed by atoms with Gasteiger partial charge in [0, 0.05) is 4.91 Å². The van der Waals surface area contributed by atoms with E-state index in [-0.39, 0.29) is 6.04 Å².